The molecule has 0 saturated carbocycles. The first kappa shape index (κ1) is 14.2. The Bertz CT molecular complexity index is 454. The molecule has 1 fully saturated rings. The second-order valence-corrected chi connectivity index (χ2v) is 7.84. The molecule has 2 unspecified atom stereocenters. The third-order valence-corrected chi connectivity index (χ3v) is 5.09. The van der Waals surface area contributed by atoms with Crippen molar-refractivity contribution in [2.75, 3.05) is 18.0 Å². The molecule has 18 heavy (non-hydrogen) atoms. The molecule has 0 bridgehead atoms. The van der Waals surface area contributed by atoms with E-state index < -0.39 is 0 Å². The van der Waals surface area contributed by atoms with Crippen molar-refractivity contribution in [3.8, 4) is 0 Å². The Kier molecular flexibility index (Phi) is 4.56. The number of nitrogens with zero attached hydrogens (tertiary/aromatic N) is 1. The van der Waals surface area contributed by atoms with E-state index in [1.165, 1.54) is 0 Å². The summed E-state index contributed by atoms with van der Waals surface area (Å²) in [5.41, 5.74) is 7.97. The molecule has 1 aliphatic heterocycles. The predicted octanol–water partition coefficient (Wildman–Crippen LogP) is 3.41. The molecule has 2 nitrogen and oxygen atoms in total. The Morgan fingerprint density at radius 2 is 2.00 bits per heavy atom. The Hall–Kier alpha value is -0.260. The van der Waals surface area contributed by atoms with Crippen molar-refractivity contribution in [2.45, 2.75) is 24.3 Å². The van der Waals surface area contributed by atoms with Gasteiger partial charge >= 0.3 is 0 Å². The number of anilines is 1. The van der Waals surface area contributed by atoms with Crippen LogP contribution < -0.4 is 10.6 Å². The molecule has 98 valence electrons. The van der Waals surface area contributed by atoms with Crippen LogP contribution in [-0.4, -0.2) is 28.6 Å². The van der Waals surface area contributed by atoms with E-state index in [4.69, 9.17) is 18.0 Å². The van der Waals surface area contributed by atoms with Crippen molar-refractivity contribution in [1.29, 1.82) is 0 Å². The zero-order valence-electron chi connectivity index (χ0n) is 10.5. The van der Waals surface area contributed by atoms with Crippen LogP contribution in [0.1, 0.15) is 19.4 Å². The maximum Gasteiger partial charge on any atom is 0.107 e. The molecule has 2 N–H and O–H groups in total. The van der Waals surface area contributed by atoms with Crippen LogP contribution in [0, 0.1) is 0 Å². The third kappa shape index (κ3) is 3.00. The molecular weight excluding hydrogens is 328 g/mol. The fraction of sp³-hybridized carbons (Fsp3) is 0.462. The van der Waals surface area contributed by atoms with Crippen molar-refractivity contribution >= 4 is 50.6 Å². The van der Waals surface area contributed by atoms with Crippen LogP contribution in [0.25, 0.3) is 0 Å². The van der Waals surface area contributed by atoms with E-state index >= 15 is 0 Å². The van der Waals surface area contributed by atoms with Gasteiger partial charge in [0, 0.05) is 39.3 Å². The van der Waals surface area contributed by atoms with Crippen LogP contribution in [0.2, 0.25) is 0 Å². The number of benzene rings is 1. The molecule has 2 rings (SSSR count). The minimum absolute atomic E-state index is 0.455. The van der Waals surface area contributed by atoms with E-state index in [0.29, 0.717) is 15.5 Å². The highest BCUT2D eigenvalue weighted by Gasteiger charge is 2.25. The number of rotatable bonds is 2. The van der Waals surface area contributed by atoms with Crippen LogP contribution in [0.3, 0.4) is 0 Å². The second kappa shape index (κ2) is 5.80. The molecule has 0 spiro atoms. The zero-order valence-corrected chi connectivity index (χ0v) is 13.7. The van der Waals surface area contributed by atoms with Crippen LogP contribution in [0.5, 0.6) is 0 Å². The minimum Gasteiger partial charge on any atom is -0.389 e. The van der Waals surface area contributed by atoms with Gasteiger partial charge in [-0.25, -0.2) is 0 Å². The quantitative estimate of drug-likeness (QED) is 0.832. The van der Waals surface area contributed by atoms with Crippen molar-refractivity contribution in [3.05, 3.63) is 28.2 Å². The molecular formula is C13H17BrN2S2. The number of hydrogen-bond acceptors (Lipinski definition) is 3. The highest BCUT2D eigenvalue weighted by molar-refractivity contribution is 9.10. The first-order valence-corrected chi connectivity index (χ1v) is 8.12. The van der Waals surface area contributed by atoms with Crippen molar-refractivity contribution in [1.82, 2.24) is 0 Å². The van der Waals surface area contributed by atoms with E-state index in [0.717, 1.165) is 28.8 Å². The van der Waals surface area contributed by atoms with Gasteiger partial charge in [-0.15, -0.1) is 0 Å². The van der Waals surface area contributed by atoms with Crippen molar-refractivity contribution in [3.63, 3.8) is 0 Å². The predicted molar refractivity (Wildman–Crippen MR) is 88.8 cm³/mol. The number of thioether (sulfide) groups is 1. The van der Waals surface area contributed by atoms with Gasteiger partial charge in [0.25, 0.3) is 0 Å². The van der Waals surface area contributed by atoms with Gasteiger partial charge in [-0.05, 0) is 28.1 Å². The summed E-state index contributed by atoms with van der Waals surface area (Å²) in [6.07, 6.45) is 0. The summed E-state index contributed by atoms with van der Waals surface area (Å²) in [6.45, 7) is 6.62. The largest absolute Gasteiger partial charge is 0.389 e. The number of thiocarbonyl (C=S) groups is 1. The van der Waals surface area contributed by atoms with Gasteiger partial charge in [-0.2, -0.15) is 11.8 Å². The second-order valence-electron chi connectivity index (χ2n) is 4.66. The van der Waals surface area contributed by atoms with Crippen LogP contribution in [-0.2, 0) is 0 Å². The molecule has 5 heteroatoms. The maximum atomic E-state index is 5.86. The standard InChI is InChI=1S/C13H17BrN2S2/c1-8-6-16(7-9(2)18-8)11-5-3-4-10(14)12(11)13(15)17/h3-5,8-9H,6-7H2,1-2H3,(H2,15,17). The monoisotopic (exact) mass is 344 g/mol. The zero-order chi connectivity index (χ0) is 13.3. The maximum absolute atomic E-state index is 5.86. The van der Waals surface area contributed by atoms with Gasteiger partial charge in [-0.1, -0.05) is 32.1 Å². The van der Waals surface area contributed by atoms with Crippen molar-refractivity contribution < 1.29 is 0 Å². The van der Waals surface area contributed by atoms with Gasteiger partial charge in [0.15, 0.2) is 0 Å². The highest BCUT2D eigenvalue weighted by atomic mass is 79.9. The summed E-state index contributed by atoms with van der Waals surface area (Å²) >= 11 is 10.8. The molecule has 0 radical (unpaired) electrons. The topological polar surface area (TPSA) is 29.3 Å². The van der Waals surface area contributed by atoms with Crippen molar-refractivity contribution in [2.24, 2.45) is 5.73 Å². The van der Waals surface area contributed by atoms with Gasteiger partial charge in [-0.3, -0.25) is 0 Å². The summed E-state index contributed by atoms with van der Waals surface area (Å²) in [6, 6.07) is 6.14. The van der Waals surface area contributed by atoms with E-state index in [2.05, 4.69) is 40.7 Å². The molecule has 1 saturated heterocycles. The Balaban J connectivity index is 2.38. The molecule has 1 heterocycles. The lowest BCUT2D eigenvalue weighted by molar-refractivity contribution is 0.727. The normalized spacial score (nSPS) is 24.1. The van der Waals surface area contributed by atoms with Crippen LogP contribution in [0.15, 0.2) is 22.7 Å². The first-order valence-electron chi connectivity index (χ1n) is 5.97. The summed E-state index contributed by atoms with van der Waals surface area (Å²) < 4.78 is 0.978. The molecule has 2 atom stereocenters. The number of hydrogen-bond donors (Lipinski definition) is 1. The lowest BCUT2D eigenvalue weighted by Crippen LogP contribution is -2.41. The molecule has 1 aromatic rings. The summed E-state index contributed by atoms with van der Waals surface area (Å²) in [4.78, 5) is 2.85. The SMILES string of the molecule is CC1CN(c2cccc(Br)c2C(N)=S)CC(C)S1. The van der Waals surface area contributed by atoms with Gasteiger partial charge < -0.3 is 10.6 Å². The Morgan fingerprint density at radius 3 is 2.56 bits per heavy atom. The summed E-state index contributed by atoms with van der Waals surface area (Å²) in [5, 5.41) is 1.26. The van der Waals surface area contributed by atoms with Crippen LogP contribution in [0.4, 0.5) is 5.69 Å². The van der Waals surface area contributed by atoms with E-state index in [1.54, 1.807) is 0 Å². The fourth-order valence-corrected chi connectivity index (χ4v) is 4.64. The molecule has 0 aromatic heterocycles. The average Bonchev–Trinajstić information content (AvgIpc) is 2.26. The molecule has 0 amide bonds. The summed E-state index contributed by atoms with van der Waals surface area (Å²) in [5.74, 6) is 0. The minimum atomic E-state index is 0.455. The van der Waals surface area contributed by atoms with E-state index in [-0.39, 0.29) is 0 Å². The highest BCUT2D eigenvalue weighted by Crippen LogP contribution is 2.33. The molecule has 1 aromatic carbocycles. The summed E-state index contributed by atoms with van der Waals surface area (Å²) in [7, 11) is 0. The Labute approximate surface area is 126 Å². The van der Waals surface area contributed by atoms with Gasteiger partial charge in [0.05, 0.1) is 0 Å². The smallest absolute Gasteiger partial charge is 0.107 e. The van der Waals surface area contributed by atoms with E-state index in [1.807, 2.05) is 23.9 Å². The van der Waals surface area contributed by atoms with Crippen LogP contribution >= 0.6 is 39.9 Å². The lowest BCUT2D eigenvalue weighted by Gasteiger charge is -2.37. The van der Waals surface area contributed by atoms with E-state index in [9.17, 15) is 0 Å². The van der Waals surface area contributed by atoms with Gasteiger partial charge in [0.1, 0.15) is 4.99 Å². The fourth-order valence-electron chi connectivity index (χ4n) is 2.39. The van der Waals surface area contributed by atoms with Gasteiger partial charge in [0.2, 0.25) is 0 Å². The Morgan fingerprint density at radius 1 is 1.39 bits per heavy atom. The lowest BCUT2D eigenvalue weighted by atomic mass is 10.1. The number of halogens is 1. The molecule has 1 aliphatic rings. The first-order chi connectivity index (χ1) is 8.49. The number of nitrogens with two attached hydrogens (primary N) is 1. The third-order valence-electron chi connectivity index (χ3n) is 3.00. The molecule has 0 aliphatic carbocycles. The average molecular weight is 345 g/mol.